The van der Waals surface area contributed by atoms with Gasteiger partial charge in [0.05, 0.1) is 19.5 Å². The van der Waals surface area contributed by atoms with Gasteiger partial charge in [0, 0.05) is 54.9 Å². The van der Waals surface area contributed by atoms with Crippen LogP contribution in [0.15, 0.2) is 66.9 Å². The normalized spacial score (nSPS) is 16.1. The Labute approximate surface area is 237 Å². The third-order valence-corrected chi connectivity index (χ3v) is 8.04. The third kappa shape index (κ3) is 5.25. The third-order valence-electron chi connectivity index (χ3n) is 8.04. The molecule has 208 valence electrons. The van der Waals surface area contributed by atoms with Crippen LogP contribution < -0.4 is 24.2 Å². The summed E-state index contributed by atoms with van der Waals surface area (Å²) in [7, 11) is 1.75. The molecule has 2 aliphatic rings. The molecule has 2 fully saturated rings. The van der Waals surface area contributed by atoms with Gasteiger partial charge in [0.15, 0.2) is 0 Å². The number of piperidine rings is 1. The van der Waals surface area contributed by atoms with Crippen LogP contribution >= 0.6 is 0 Å². The lowest BCUT2D eigenvalue weighted by molar-refractivity contribution is 0.414. The van der Waals surface area contributed by atoms with Crippen LogP contribution in [0.1, 0.15) is 45.6 Å². The molecule has 7 heteroatoms. The molecule has 0 unspecified atom stereocenters. The fraction of sp³-hybridized carbons (Fsp3) is 0.394. The van der Waals surface area contributed by atoms with Crippen LogP contribution in [0.2, 0.25) is 0 Å². The molecule has 0 radical (unpaired) electrons. The van der Waals surface area contributed by atoms with E-state index in [0.29, 0.717) is 5.88 Å². The molecule has 0 spiro atoms. The van der Waals surface area contributed by atoms with Gasteiger partial charge in [0.1, 0.15) is 11.5 Å². The van der Waals surface area contributed by atoms with Crippen molar-refractivity contribution in [3.05, 3.63) is 72.4 Å². The number of hydrogen-bond donors (Lipinski definition) is 0. The second-order valence-electron chi connectivity index (χ2n) is 11.8. The summed E-state index contributed by atoms with van der Waals surface area (Å²) in [6.45, 7) is 11.4. The van der Waals surface area contributed by atoms with Crippen molar-refractivity contribution in [1.82, 2.24) is 9.97 Å². The largest absolute Gasteiger partial charge is 0.495 e. The van der Waals surface area contributed by atoms with E-state index < -0.39 is 0 Å². The summed E-state index contributed by atoms with van der Waals surface area (Å²) < 4.78 is 12.1. The van der Waals surface area contributed by atoms with E-state index in [2.05, 4.69) is 95.1 Å². The van der Waals surface area contributed by atoms with Crippen molar-refractivity contribution in [2.24, 2.45) is 0 Å². The Kier molecular flexibility index (Phi) is 7.13. The monoisotopic (exact) mass is 537 g/mol. The highest BCUT2D eigenvalue weighted by Gasteiger charge is 2.26. The maximum Gasteiger partial charge on any atom is 0.228 e. The molecule has 0 bridgehead atoms. The van der Waals surface area contributed by atoms with Gasteiger partial charge in [0.2, 0.25) is 11.8 Å². The number of anilines is 3. The van der Waals surface area contributed by atoms with Crippen molar-refractivity contribution in [1.29, 1.82) is 0 Å². The van der Waals surface area contributed by atoms with Crippen molar-refractivity contribution >= 4 is 28.1 Å². The molecule has 4 aromatic rings. The number of methoxy groups -OCH3 is 1. The Morgan fingerprint density at radius 3 is 2.20 bits per heavy atom. The predicted octanol–water partition coefficient (Wildman–Crippen LogP) is 7.00. The quantitative estimate of drug-likeness (QED) is 0.262. The van der Waals surface area contributed by atoms with Crippen LogP contribution in [0.3, 0.4) is 0 Å². The Bertz CT molecular complexity index is 1490. The van der Waals surface area contributed by atoms with Crippen molar-refractivity contribution in [2.45, 2.75) is 45.4 Å². The molecule has 0 aliphatic carbocycles. The van der Waals surface area contributed by atoms with Gasteiger partial charge in [-0.1, -0.05) is 51.1 Å². The second kappa shape index (κ2) is 10.9. The molecule has 3 aromatic carbocycles. The second-order valence-corrected chi connectivity index (χ2v) is 11.8. The van der Waals surface area contributed by atoms with Gasteiger partial charge in [-0.2, -0.15) is 4.98 Å². The lowest BCUT2D eigenvalue weighted by Gasteiger charge is -2.27. The predicted molar refractivity (Wildman–Crippen MR) is 163 cm³/mol. The molecule has 40 heavy (non-hydrogen) atoms. The van der Waals surface area contributed by atoms with Crippen molar-refractivity contribution in [3.8, 4) is 17.4 Å². The number of hydrogen-bond acceptors (Lipinski definition) is 7. The van der Waals surface area contributed by atoms with E-state index in [1.54, 1.807) is 13.3 Å². The first-order valence-corrected chi connectivity index (χ1v) is 14.4. The van der Waals surface area contributed by atoms with Crippen LogP contribution in [0.5, 0.6) is 17.4 Å². The van der Waals surface area contributed by atoms with Crippen LogP contribution in [-0.4, -0.2) is 49.9 Å². The summed E-state index contributed by atoms with van der Waals surface area (Å²) in [5.74, 6) is 3.04. The van der Waals surface area contributed by atoms with Gasteiger partial charge < -0.3 is 24.2 Å². The van der Waals surface area contributed by atoms with E-state index in [0.717, 1.165) is 61.4 Å². The first-order chi connectivity index (χ1) is 19.4. The average molecular weight is 538 g/mol. The highest BCUT2D eigenvalue weighted by atomic mass is 16.5. The average Bonchev–Trinajstić information content (AvgIpc) is 3.47. The van der Waals surface area contributed by atoms with Gasteiger partial charge >= 0.3 is 0 Å². The van der Waals surface area contributed by atoms with Crippen LogP contribution in [0.25, 0.3) is 10.8 Å². The molecule has 7 nitrogen and oxygen atoms in total. The van der Waals surface area contributed by atoms with E-state index in [4.69, 9.17) is 14.5 Å². The van der Waals surface area contributed by atoms with E-state index >= 15 is 0 Å². The minimum atomic E-state index is 0.0741. The molecule has 0 N–H and O–H groups in total. The van der Waals surface area contributed by atoms with E-state index in [1.807, 2.05) is 6.07 Å². The summed E-state index contributed by atoms with van der Waals surface area (Å²) in [5, 5.41) is 2.24. The molecule has 2 aliphatic heterocycles. The Morgan fingerprint density at radius 1 is 0.725 bits per heavy atom. The number of fused-ring (bicyclic) bond motifs is 1. The summed E-state index contributed by atoms with van der Waals surface area (Å²) in [6.07, 6.45) is 5.44. The highest BCUT2D eigenvalue weighted by molar-refractivity contribution is 5.98. The molecule has 2 saturated heterocycles. The van der Waals surface area contributed by atoms with Gasteiger partial charge in [0.25, 0.3) is 0 Å². The maximum absolute atomic E-state index is 6.38. The summed E-state index contributed by atoms with van der Waals surface area (Å²) in [4.78, 5) is 16.4. The minimum absolute atomic E-state index is 0.0741. The summed E-state index contributed by atoms with van der Waals surface area (Å²) in [6, 6.07) is 21.1. The maximum atomic E-state index is 6.38. The number of rotatable bonds is 6. The van der Waals surface area contributed by atoms with E-state index in [1.165, 1.54) is 35.9 Å². The Hall–Kier alpha value is -4.00. The lowest BCUT2D eigenvalue weighted by atomic mass is 9.86. The lowest BCUT2D eigenvalue weighted by Crippen LogP contribution is -2.30. The fourth-order valence-corrected chi connectivity index (χ4v) is 5.75. The van der Waals surface area contributed by atoms with Crippen molar-refractivity contribution in [3.63, 3.8) is 0 Å². The zero-order valence-corrected chi connectivity index (χ0v) is 24.1. The topological polar surface area (TPSA) is 54.0 Å². The van der Waals surface area contributed by atoms with Crippen molar-refractivity contribution in [2.75, 3.05) is 54.7 Å². The molecular formula is C33H39N5O2. The van der Waals surface area contributed by atoms with Crippen LogP contribution in [0.4, 0.5) is 17.3 Å². The van der Waals surface area contributed by atoms with Crippen LogP contribution in [-0.2, 0) is 5.41 Å². The SMILES string of the molecule is COc1ccc(C(C)(C)C)cc1N1CCN(c2ccc(Oc3ccnc(N4CCCCC4)n3)c3ccccc23)C1. The first-order valence-electron chi connectivity index (χ1n) is 14.4. The molecule has 3 heterocycles. The molecule has 1 aromatic heterocycles. The molecule has 6 rings (SSSR count). The van der Waals surface area contributed by atoms with Gasteiger partial charge in [-0.3, -0.25) is 0 Å². The molecule has 0 amide bonds. The Morgan fingerprint density at radius 2 is 1.45 bits per heavy atom. The van der Waals surface area contributed by atoms with Crippen LogP contribution in [0, 0.1) is 0 Å². The molecule has 0 atom stereocenters. The zero-order chi connectivity index (χ0) is 27.7. The Balaban J connectivity index is 1.26. The highest BCUT2D eigenvalue weighted by Crippen LogP contribution is 2.39. The van der Waals surface area contributed by atoms with Gasteiger partial charge in [-0.25, -0.2) is 4.98 Å². The molecule has 0 saturated carbocycles. The number of benzene rings is 3. The number of ether oxygens (including phenoxy) is 2. The number of aromatic nitrogens is 2. The number of nitrogens with zero attached hydrogens (tertiary/aromatic N) is 5. The molecular weight excluding hydrogens is 498 g/mol. The van der Waals surface area contributed by atoms with E-state index in [-0.39, 0.29) is 5.41 Å². The first kappa shape index (κ1) is 26.2. The van der Waals surface area contributed by atoms with Gasteiger partial charge in [-0.15, -0.1) is 0 Å². The smallest absolute Gasteiger partial charge is 0.228 e. The van der Waals surface area contributed by atoms with E-state index in [9.17, 15) is 0 Å². The summed E-state index contributed by atoms with van der Waals surface area (Å²) >= 11 is 0. The fourth-order valence-electron chi connectivity index (χ4n) is 5.75. The zero-order valence-electron chi connectivity index (χ0n) is 24.1. The van der Waals surface area contributed by atoms with Crippen molar-refractivity contribution < 1.29 is 9.47 Å². The standard InChI is InChI=1S/C33H39N5O2/c1-33(2,3)24-12-14-30(39-4)28(22-24)38-21-20-37(23-38)27-13-15-29(26-11-7-6-10-25(26)27)40-31-16-17-34-32(35-31)36-18-8-5-9-19-36/h6-7,10-17,22H,5,8-9,18-21,23H2,1-4H3. The van der Waals surface area contributed by atoms with Gasteiger partial charge in [-0.05, 0) is 54.5 Å². The minimum Gasteiger partial charge on any atom is -0.495 e. The summed E-state index contributed by atoms with van der Waals surface area (Å²) in [5.41, 5.74) is 3.73.